The average Bonchev–Trinajstić information content (AvgIpc) is 2.06. The van der Waals surface area contributed by atoms with Gasteiger partial charge in [0.15, 0.2) is 6.17 Å². The Labute approximate surface area is 88.2 Å². The fraction of sp³-hybridized carbons (Fsp3) is 0.800. The largest absolute Gasteiger partial charge is 0.460 e. The second-order valence-electron chi connectivity index (χ2n) is 4.62. The van der Waals surface area contributed by atoms with Crippen molar-refractivity contribution in [1.29, 1.82) is 0 Å². The van der Waals surface area contributed by atoms with Crippen molar-refractivity contribution in [3.05, 3.63) is 0 Å². The molecule has 0 aromatic rings. The van der Waals surface area contributed by atoms with E-state index in [9.17, 15) is 14.0 Å². The van der Waals surface area contributed by atoms with Crippen LogP contribution in [0.3, 0.4) is 0 Å². The molecule has 0 unspecified atom stereocenters. The summed E-state index contributed by atoms with van der Waals surface area (Å²) in [5.74, 6) is -2.32. The van der Waals surface area contributed by atoms with Gasteiger partial charge in [0.1, 0.15) is 5.60 Å². The second-order valence-corrected chi connectivity index (χ2v) is 4.62. The van der Waals surface area contributed by atoms with Gasteiger partial charge in [0.25, 0.3) is 5.91 Å². The molecule has 1 aliphatic rings. The summed E-state index contributed by atoms with van der Waals surface area (Å²) in [6, 6.07) is 0. The minimum Gasteiger partial charge on any atom is -0.460 e. The molecular formula is C10H16FNO3. The Bertz CT molecular complexity index is 272. The molecule has 0 bridgehead atoms. The molecule has 5 heteroatoms. The molecule has 0 spiro atoms. The Hall–Kier alpha value is -1.13. The lowest BCUT2D eigenvalue weighted by Crippen LogP contribution is -2.47. The van der Waals surface area contributed by atoms with Gasteiger partial charge in [0.05, 0.1) is 5.92 Å². The Morgan fingerprint density at radius 1 is 1.53 bits per heavy atom. The molecule has 0 aliphatic carbocycles. The molecule has 2 atom stereocenters. The van der Waals surface area contributed by atoms with E-state index in [1.54, 1.807) is 20.8 Å². The monoisotopic (exact) mass is 217 g/mol. The van der Waals surface area contributed by atoms with Gasteiger partial charge in [-0.15, -0.1) is 0 Å². The molecule has 1 aliphatic heterocycles. The van der Waals surface area contributed by atoms with E-state index in [1.807, 2.05) is 0 Å². The maximum Gasteiger partial charge on any atom is 0.313 e. The zero-order chi connectivity index (χ0) is 11.6. The van der Waals surface area contributed by atoms with Crippen LogP contribution in [0.4, 0.5) is 4.39 Å². The highest BCUT2D eigenvalue weighted by Crippen LogP contribution is 2.21. The third-order valence-corrected chi connectivity index (χ3v) is 2.07. The Morgan fingerprint density at radius 2 is 2.13 bits per heavy atom. The molecule has 1 heterocycles. The number of esters is 1. The van der Waals surface area contributed by atoms with Crippen LogP contribution >= 0.6 is 0 Å². The Morgan fingerprint density at radius 3 is 2.67 bits per heavy atom. The maximum atomic E-state index is 13.4. The van der Waals surface area contributed by atoms with Gasteiger partial charge < -0.3 is 10.1 Å². The van der Waals surface area contributed by atoms with Gasteiger partial charge in [-0.25, -0.2) is 4.39 Å². The van der Waals surface area contributed by atoms with Crippen LogP contribution in [0.25, 0.3) is 0 Å². The van der Waals surface area contributed by atoms with Gasteiger partial charge in [-0.3, -0.25) is 9.59 Å². The standard InChI is InChI=1S/C10H16FNO3/c1-10(2,3)15-9(14)6-4-5-12-8(13)7(6)11/h6-7H,4-5H2,1-3H3,(H,12,13)/t6-,7+/m1/s1. The summed E-state index contributed by atoms with van der Waals surface area (Å²) in [7, 11) is 0. The SMILES string of the molecule is CC(C)(C)OC(=O)[C@@H]1CCNC(=O)[C@H]1F. The predicted molar refractivity (Wildman–Crippen MR) is 51.9 cm³/mol. The quantitative estimate of drug-likeness (QED) is 0.661. The van der Waals surface area contributed by atoms with E-state index in [0.717, 1.165) is 0 Å². The maximum absolute atomic E-state index is 13.4. The lowest BCUT2D eigenvalue weighted by atomic mass is 9.95. The van der Waals surface area contributed by atoms with Crippen molar-refractivity contribution < 1.29 is 18.7 Å². The zero-order valence-electron chi connectivity index (χ0n) is 9.17. The van der Waals surface area contributed by atoms with Gasteiger partial charge in [0, 0.05) is 6.54 Å². The number of nitrogens with one attached hydrogen (secondary N) is 1. The van der Waals surface area contributed by atoms with Crippen molar-refractivity contribution in [1.82, 2.24) is 5.32 Å². The molecule has 15 heavy (non-hydrogen) atoms. The molecule has 0 radical (unpaired) electrons. The number of carbonyl (C=O) groups excluding carboxylic acids is 2. The van der Waals surface area contributed by atoms with Gasteiger partial charge in [-0.2, -0.15) is 0 Å². The molecule has 4 nitrogen and oxygen atoms in total. The van der Waals surface area contributed by atoms with Gasteiger partial charge in [-0.05, 0) is 27.2 Å². The summed E-state index contributed by atoms with van der Waals surface area (Å²) in [5, 5.41) is 2.36. The van der Waals surface area contributed by atoms with Crippen LogP contribution in [0.15, 0.2) is 0 Å². The molecule has 1 saturated heterocycles. The third kappa shape index (κ3) is 3.18. The summed E-state index contributed by atoms with van der Waals surface area (Å²) in [4.78, 5) is 22.5. The number of rotatable bonds is 1. The number of halogens is 1. The van der Waals surface area contributed by atoms with Crippen LogP contribution < -0.4 is 5.32 Å². The molecule has 0 saturated carbocycles. The topological polar surface area (TPSA) is 55.4 Å². The van der Waals surface area contributed by atoms with Gasteiger partial charge in [-0.1, -0.05) is 0 Å². The fourth-order valence-corrected chi connectivity index (χ4v) is 1.39. The minimum absolute atomic E-state index is 0.293. The normalized spacial score (nSPS) is 27.1. The van der Waals surface area contributed by atoms with Crippen molar-refractivity contribution >= 4 is 11.9 Å². The van der Waals surface area contributed by atoms with Gasteiger partial charge in [0.2, 0.25) is 0 Å². The van der Waals surface area contributed by atoms with E-state index in [2.05, 4.69) is 5.32 Å². The van der Waals surface area contributed by atoms with Crippen LogP contribution in [0.2, 0.25) is 0 Å². The summed E-state index contributed by atoms with van der Waals surface area (Å²) in [6.45, 7) is 5.45. The smallest absolute Gasteiger partial charge is 0.313 e. The highest BCUT2D eigenvalue weighted by Gasteiger charge is 2.39. The molecule has 1 rings (SSSR count). The Balaban J connectivity index is 2.63. The molecule has 1 fully saturated rings. The lowest BCUT2D eigenvalue weighted by molar-refractivity contribution is -0.165. The number of amides is 1. The minimum atomic E-state index is -1.78. The van der Waals surface area contributed by atoms with E-state index in [0.29, 0.717) is 13.0 Å². The molecule has 0 aromatic heterocycles. The van der Waals surface area contributed by atoms with Crippen molar-refractivity contribution in [2.24, 2.45) is 5.92 Å². The van der Waals surface area contributed by atoms with E-state index in [1.165, 1.54) is 0 Å². The van der Waals surface area contributed by atoms with Crippen molar-refractivity contribution in [3.8, 4) is 0 Å². The first-order chi connectivity index (χ1) is 6.81. The summed E-state index contributed by atoms with van der Waals surface area (Å²) in [5.41, 5.74) is -0.648. The first-order valence-corrected chi connectivity index (χ1v) is 4.96. The highest BCUT2D eigenvalue weighted by atomic mass is 19.1. The summed E-state index contributed by atoms with van der Waals surface area (Å²) < 4.78 is 18.4. The van der Waals surface area contributed by atoms with Crippen LogP contribution in [-0.2, 0) is 14.3 Å². The molecule has 1 amide bonds. The number of carbonyl (C=O) groups is 2. The molecule has 86 valence electrons. The van der Waals surface area contributed by atoms with E-state index in [4.69, 9.17) is 4.74 Å². The highest BCUT2D eigenvalue weighted by molar-refractivity contribution is 5.88. The first-order valence-electron chi connectivity index (χ1n) is 4.96. The van der Waals surface area contributed by atoms with E-state index < -0.39 is 29.6 Å². The summed E-state index contributed by atoms with van der Waals surface area (Å²) in [6.07, 6.45) is -1.49. The van der Waals surface area contributed by atoms with E-state index >= 15 is 0 Å². The predicted octanol–water partition coefficient (Wildman–Crippen LogP) is 0.802. The Kier molecular flexibility index (Phi) is 3.31. The zero-order valence-corrected chi connectivity index (χ0v) is 9.17. The summed E-state index contributed by atoms with van der Waals surface area (Å²) >= 11 is 0. The van der Waals surface area contributed by atoms with Crippen molar-refractivity contribution in [2.45, 2.75) is 39.0 Å². The molecular weight excluding hydrogens is 201 g/mol. The first kappa shape index (κ1) is 11.9. The van der Waals surface area contributed by atoms with E-state index in [-0.39, 0.29) is 0 Å². The van der Waals surface area contributed by atoms with Crippen molar-refractivity contribution in [3.63, 3.8) is 0 Å². The lowest BCUT2D eigenvalue weighted by Gasteiger charge is -2.28. The molecule has 1 N–H and O–H groups in total. The number of piperidine rings is 1. The van der Waals surface area contributed by atoms with Crippen LogP contribution in [0.1, 0.15) is 27.2 Å². The molecule has 0 aromatic carbocycles. The third-order valence-electron chi connectivity index (χ3n) is 2.07. The number of ether oxygens (including phenoxy) is 1. The van der Waals surface area contributed by atoms with Crippen LogP contribution in [-0.4, -0.2) is 30.2 Å². The van der Waals surface area contributed by atoms with Crippen LogP contribution in [0, 0.1) is 5.92 Å². The number of hydrogen-bond acceptors (Lipinski definition) is 3. The number of alkyl halides is 1. The average molecular weight is 217 g/mol. The fourth-order valence-electron chi connectivity index (χ4n) is 1.39. The number of hydrogen-bond donors (Lipinski definition) is 1. The van der Waals surface area contributed by atoms with Crippen LogP contribution in [0.5, 0.6) is 0 Å². The van der Waals surface area contributed by atoms with Crippen molar-refractivity contribution in [2.75, 3.05) is 6.54 Å². The second kappa shape index (κ2) is 4.16. The van der Waals surface area contributed by atoms with Gasteiger partial charge >= 0.3 is 5.97 Å².